The lowest BCUT2D eigenvalue weighted by molar-refractivity contribution is 0.0765. The van der Waals surface area contributed by atoms with E-state index in [1.54, 1.807) is 0 Å². The van der Waals surface area contributed by atoms with Crippen molar-refractivity contribution in [1.82, 2.24) is 15.1 Å². The van der Waals surface area contributed by atoms with Gasteiger partial charge in [-0.15, -0.1) is 0 Å². The zero-order chi connectivity index (χ0) is 13.2. The van der Waals surface area contributed by atoms with E-state index in [1.165, 1.54) is 11.3 Å². The molecule has 1 fully saturated rings. The van der Waals surface area contributed by atoms with Crippen LogP contribution in [0, 0.1) is 13.8 Å². The fourth-order valence-corrected chi connectivity index (χ4v) is 2.73. The predicted molar refractivity (Wildman–Crippen MR) is 74.6 cm³/mol. The smallest absolute Gasteiger partial charge is 0.0663 e. The molecule has 0 amide bonds. The zero-order valence-corrected chi connectivity index (χ0v) is 11.4. The van der Waals surface area contributed by atoms with E-state index >= 15 is 0 Å². The van der Waals surface area contributed by atoms with Gasteiger partial charge < -0.3 is 10.1 Å². The molecule has 0 saturated carbocycles. The van der Waals surface area contributed by atoms with Gasteiger partial charge in [-0.25, -0.2) is 4.68 Å². The van der Waals surface area contributed by atoms with Crippen molar-refractivity contribution in [3.8, 4) is 5.69 Å². The van der Waals surface area contributed by atoms with Crippen molar-refractivity contribution in [1.29, 1.82) is 0 Å². The number of rotatable bonds is 2. The molecule has 19 heavy (non-hydrogen) atoms. The third-order valence-corrected chi connectivity index (χ3v) is 3.62. The Balaban J connectivity index is 2.00. The predicted octanol–water partition coefficient (Wildman–Crippen LogP) is 2.15. The molecule has 0 spiro atoms. The highest BCUT2D eigenvalue weighted by molar-refractivity contribution is 5.38. The standard InChI is InChI=1S/C15H19N3O/c1-11-15(14-10-19-9-8-16-14)12(2)18(17-11)13-6-4-3-5-7-13/h3-7,14,16H,8-10H2,1-2H3. The van der Waals surface area contributed by atoms with Crippen LogP contribution in [-0.2, 0) is 4.74 Å². The number of ether oxygens (including phenoxy) is 1. The molecular formula is C15H19N3O. The number of hydrogen-bond donors (Lipinski definition) is 1. The Morgan fingerprint density at radius 3 is 2.74 bits per heavy atom. The zero-order valence-electron chi connectivity index (χ0n) is 11.4. The molecule has 1 aliphatic heterocycles. The van der Waals surface area contributed by atoms with Crippen LogP contribution in [0.4, 0.5) is 0 Å². The second-order valence-corrected chi connectivity index (χ2v) is 4.91. The monoisotopic (exact) mass is 257 g/mol. The van der Waals surface area contributed by atoms with Crippen molar-refractivity contribution in [3.63, 3.8) is 0 Å². The lowest BCUT2D eigenvalue weighted by Crippen LogP contribution is -2.35. The lowest BCUT2D eigenvalue weighted by atomic mass is 10.0. The van der Waals surface area contributed by atoms with Crippen LogP contribution in [0.15, 0.2) is 30.3 Å². The Morgan fingerprint density at radius 2 is 2.05 bits per heavy atom. The number of para-hydroxylation sites is 1. The molecule has 1 aromatic carbocycles. The Morgan fingerprint density at radius 1 is 1.26 bits per heavy atom. The first-order chi connectivity index (χ1) is 9.27. The summed E-state index contributed by atoms with van der Waals surface area (Å²) in [7, 11) is 0. The molecule has 2 aromatic rings. The molecule has 100 valence electrons. The molecular weight excluding hydrogens is 238 g/mol. The molecule has 1 atom stereocenters. The highest BCUT2D eigenvalue weighted by Crippen LogP contribution is 2.25. The van der Waals surface area contributed by atoms with Gasteiger partial charge in [-0.05, 0) is 26.0 Å². The van der Waals surface area contributed by atoms with Crippen molar-refractivity contribution in [2.24, 2.45) is 0 Å². The van der Waals surface area contributed by atoms with Crippen LogP contribution in [0.2, 0.25) is 0 Å². The first-order valence-electron chi connectivity index (χ1n) is 6.70. The van der Waals surface area contributed by atoms with E-state index in [4.69, 9.17) is 4.74 Å². The number of hydrogen-bond acceptors (Lipinski definition) is 3. The first-order valence-corrected chi connectivity index (χ1v) is 6.70. The van der Waals surface area contributed by atoms with Gasteiger partial charge in [-0.2, -0.15) is 5.10 Å². The van der Waals surface area contributed by atoms with E-state index in [2.05, 4.69) is 36.4 Å². The number of morpholine rings is 1. The summed E-state index contributed by atoms with van der Waals surface area (Å²) in [6.07, 6.45) is 0. The number of aromatic nitrogens is 2. The number of nitrogens with one attached hydrogen (secondary N) is 1. The van der Waals surface area contributed by atoms with Gasteiger partial charge in [0.2, 0.25) is 0 Å². The van der Waals surface area contributed by atoms with Crippen LogP contribution in [0.25, 0.3) is 5.69 Å². The average molecular weight is 257 g/mol. The summed E-state index contributed by atoms with van der Waals surface area (Å²) >= 11 is 0. The second-order valence-electron chi connectivity index (χ2n) is 4.91. The maximum absolute atomic E-state index is 5.56. The lowest BCUT2D eigenvalue weighted by Gasteiger charge is -2.24. The maximum Gasteiger partial charge on any atom is 0.0663 e. The van der Waals surface area contributed by atoms with Gasteiger partial charge in [0.25, 0.3) is 0 Å². The molecule has 1 saturated heterocycles. The van der Waals surface area contributed by atoms with E-state index in [0.717, 1.165) is 31.1 Å². The Bertz CT molecular complexity index is 556. The minimum absolute atomic E-state index is 0.256. The van der Waals surface area contributed by atoms with Gasteiger partial charge in [0.15, 0.2) is 0 Å². The highest BCUT2D eigenvalue weighted by atomic mass is 16.5. The Kier molecular flexibility index (Phi) is 3.36. The third-order valence-electron chi connectivity index (χ3n) is 3.62. The van der Waals surface area contributed by atoms with Crippen LogP contribution in [0.1, 0.15) is 23.0 Å². The van der Waals surface area contributed by atoms with E-state index in [1.807, 2.05) is 22.9 Å². The summed E-state index contributed by atoms with van der Waals surface area (Å²) in [4.78, 5) is 0. The molecule has 1 aliphatic rings. The largest absolute Gasteiger partial charge is 0.378 e. The van der Waals surface area contributed by atoms with Gasteiger partial charge in [0.1, 0.15) is 0 Å². The molecule has 0 aliphatic carbocycles. The van der Waals surface area contributed by atoms with Gasteiger partial charge in [0.05, 0.1) is 30.6 Å². The molecule has 0 radical (unpaired) electrons. The van der Waals surface area contributed by atoms with Crippen molar-refractivity contribution in [2.75, 3.05) is 19.8 Å². The van der Waals surface area contributed by atoms with Crippen LogP contribution >= 0.6 is 0 Å². The summed E-state index contributed by atoms with van der Waals surface area (Å²) in [6.45, 7) is 6.61. The van der Waals surface area contributed by atoms with Gasteiger partial charge >= 0.3 is 0 Å². The normalized spacial score (nSPS) is 19.6. The van der Waals surface area contributed by atoms with E-state index in [9.17, 15) is 0 Å². The summed E-state index contributed by atoms with van der Waals surface area (Å²) in [6, 6.07) is 10.5. The summed E-state index contributed by atoms with van der Waals surface area (Å²) in [5.41, 5.74) is 4.63. The molecule has 4 heteroatoms. The third kappa shape index (κ3) is 2.29. The van der Waals surface area contributed by atoms with Crippen molar-refractivity contribution in [3.05, 3.63) is 47.3 Å². The highest BCUT2D eigenvalue weighted by Gasteiger charge is 2.23. The number of nitrogens with zero attached hydrogens (tertiary/aromatic N) is 2. The van der Waals surface area contributed by atoms with Crippen LogP contribution in [0.5, 0.6) is 0 Å². The van der Waals surface area contributed by atoms with Crippen molar-refractivity contribution in [2.45, 2.75) is 19.9 Å². The summed E-state index contributed by atoms with van der Waals surface area (Å²) in [5, 5.41) is 8.18. The fraction of sp³-hybridized carbons (Fsp3) is 0.400. The number of benzene rings is 1. The molecule has 1 unspecified atom stereocenters. The maximum atomic E-state index is 5.56. The SMILES string of the molecule is Cc1nn(-c2ccccc2)c(C)c1C1COCCN1. The average Bonchev–Trinajstić information content (AvgIpc) is 2.76. The Labute approximate surface area is 113 Å². The molecule has 4 nitrogen and oxygen atoms in total. The van der Waals surface area contributed by atoms with E-state index < -0.39 is 0 Å². The number of aryl methyl sites for hydroxylation is 1. The van der Waals surface area contributed by atoms with Crippen LogP contribution in [0.3, 0.4) is 0 Å². The fourth-order valence-electron chi connectivity index (χ4n) is 2.73. The molecule has 1 aromatic heterocycles. The van der Waals surface area contributed by atoms with E-state index in [0.29, 0.717) is 0 Å². The topological polar surface area (TPSA) is 39.1 Å². The van der Waals surface area contributed by atoms with Gasteiger partial charge in [-0.1, -0.05) is 18.2 Å². The van der Waals surface area contributed by atoms with Crippen LogP contribution < -0.4 is 5.32 Å². The molecule has 2 heterocycles. The van der Waals surface area contributed by atoms with Gasteiger partial charge in [-0.3, -0.25) is 0 Å². The molecule has 0 bridgehead atoms. The van der Waals surface area contributed by atoms with Gasteiger partial charge in [0, 0.05) is 17.8 Å². The first kappa shape index (κ1) is 12.4. The quantitative estimate of drug-likeness (QED) is 0.896. The minimum atomic E-state index is 0.256. The van der Waals surface area contributed by atoms with Crippen molar-refractivity contribution >= 4 is 0 Å². The van der Waals surface area contributed by atoms with Crippen LogP contribution in [-0.4, -0.2) is 29.5 Å². The Hall–Kier alpha value is -1.65. The second kappa shape index (κ2) is 5.15. The molecule has 3 rings (SSSR count). The summed E-state index contributed by atoms with van der Waals surface area (Å²) in [5.74, 6) is 0. The molecule has 1 N–H and O–H groups in total. The minimum Gasteiger partial charge on any atom is -0.378 e. The van der Waals surface area contributed by atoms with Crippen molar-refractivity contribution < 1.29 is 4.74 Å². The summed E-state index contributed by atoms with van der Waals surface area (Å²) < 4.78 is 7.58. The van der Waals surface area contributed by atoms with E-state index in [-0.39, 0.29) is 6.04 Å².